The van der Waals surface area contributed by atoms with E-state index in [-0.39, 0.29) is 11.1 Å². The van der Waals surface area contributed by atoms with Gasteiger partial charge in [-0.25, -0.2) is 4.79 Å². The molecule has 0 saturated carbocycles. The average Bonchev–Trinajstić information content (AvgIpc) is 3.17. The number of benzene rings is 3. The summed E-state index contributed by atoms with van der Waals surface area (Å²) in [6, 6.07) is 17.3. The van der Waals surface area contributed by atoms with Crippen molar-refractivity contribution in [3.63, 3.8) is 0 Å². The van der Waals surface area contributed by atoms with Crippen LogP contribution in [-0.2, 0) is 14.3 Å². The highest BCUT2D eigenvalue weighted by molar-refractivity contribution is 6.51. The van der Waals surface area contributed by atoms with Crippen LogP contribution in [-0.4, -0.2) is 36.5 Å². The van der Waals surface area contributed by atoms with E-state index in [4.69, 9.17) is 21.1 Å². The van der Waals surface area contributed by atoms with Crippen LogP contribution in [0.25, 0.3) is 5.76 Å². The summed E-state index contributed by atoms with van der Waals surface area (Å²) >= 11 is 6.17. The van der Waals surface area contributed by atoms with E-state index in [2.05, 4.69) is 0 Å². The number of ketones is 1. The number of aliphatic hydroxyl groups excluding tert-OH is 1. The molecule has 37 heavy (non-hydrogen) atoms. The second-order valence-electron chi connectivity index (χ2n) is 8.61. The van der Waals surface area contributed by atoms with E-state index in [1.54, 1.807) is 42.5 Å². The van der Waals surface area contributed by atoms with E-state index in [1.807, 2.05) is 32.0 Å². The number of carbonyl (C=O) groups excluding carboxylic acids is 3. The number of aliphatic hydroxyl groups is 1. The molecule has 3 aromatic rings. The van der Waals surface area contributed by atoms with Crippen molar-refractivity contribution in [2.75, 3.05) is 18.6 Å². The van der Waals surface area contributed by atoms with E-state index in [0.29, 0.717) is 40.6 Å². The van der Waals surface area contributed by atoms with E-state index < -0.39 is 29.5 Å². The summed E-state index contributed by atoms with van der Waals surface area (Å²) in [6.45, 7) is 4.10. The van der Waals surface area contributed by atoms with Gasteiger partial charge >= 0.3 is 5.97 Å². The number of rotatable bonds is 7. The lowest BCUT2D eigenvalue weighted by Crippen LogP contribution is -2.29. The molecule has 0 radical (unpaired) electrons. The monoisotopic (exact) mass is 519 g/mol. The van der Waals surface area contributed by atoms with Crippen molar-refractivity contribution in [1.29, 1.82) is 0 Å². The van der Waals surface area contributed by atoms with Gasteiger partial charge in [0.25, 0.3) is 11.7 Å². The molecule has 1 heterocycles. The molecule has 3 aromatic carbocycles. The predicted molar refractivity (Wildman–Crippen MR) is 141 cm³/mol. The van der Waals surface area contributed by atoms with Crippen molar-refractivity contribution < 1.29 is 29.0 Å². The minimum absolute atomic E-state index is 0.0948. The first-order chi connectivity index (χ1) is 17.8. The standard InChI is InChI=1S/C29H26ClNO6/c1-4-14-37-29(35)18-8-11-21(12-9-18)31-25(19-7-5-6-17(2)15-19)24(27(33)28(31)34)26(32)22-16-20(30)10-13-23(22)36-3/h5-13,15-16,25,32H,4,14H2,1-3H3/b26-24+. The smallest absolute Gasteiger partial charge is 0.338 e. The summed E-state index contributed by atoms with van der Waals surface area (Å²) in [5.74, 6) is -2.23. The van der Waals surface area contributed by atoms with Crippen molar-refractivity contribution in [2.24, 2.45) is 0 Å². The number of hydrogen-bond acceptors (Lipinski definition) is 6. The van der Waals surface area contributed by atoms with Gasteiger partial charge < -0.3 is 14.6 Å². The van der Waals surface area contributed by atoms with E-state index in [9.17, 15) is 19.5 Å². The van der Waals surface area contributed by atoms with Crippen molar-refractivity contribution >= 4 is 40.7 Å². The number of aryl methyl sites for hydroxylation is 1. The third-order valence-corrected chi connectivity index (χ3v) is 6.27. The molecule has 0 aliphatic carbocycles. The first kappa shape index (κ1) is 26.0. The minimum atomic E-state index is -0.929. The molecule has 1 fully saturated rings. The summed E-state index contributed by atoms with van der Waals surface area (Å²) in [5, 5.41) is 11.7. The zero-order valence-corrected chi connectivity index (χ0v) is 21.4. The fourth-order valence-corrected chi connectivity index (χ4v) is 4.47. The highest BCUT2D eigenvalue weighted by atomic mass is 35.5. The lowest BCUT2D eigenvalue weighted by atomic mass is 9.94. The summed E-state index contributed by atoms with van der Waals surface area (Å²) in [5.41, 5.74) is 2.36. The maximum atomic E-state index is 13.4. The zero-order valence-electron chi connectivity index (χ0n) is 20.7. The molecule has 1 unspecified atom stereocenters. The van der Waals surface area contributed by atoms with Gasteiger partial charge in [0, 0.05) is 10.7 Å². The Morgan fingerprint density at radius 2 is 1.78 bits per heavy atom. The molecule has 0 aromatic heterocycles. The number of halogens is 1. The normalized spacial score (nSPS) is 16.6. The Morgan fingerprint density at radius 3 is 2.43 bits per heavy atom. The molecule has 1 amide bonds. The van der Waals surface area contributed by atoms with Crippen LogP contribution >= 0.6 is 11.6 Å². The Labute approximate surface area is 219 Å². The van der Waals surface area contributed by atoms with Crippen molar-refractivity contribution in [3.8, 4) is 5.75 Å². The number of amides is 1. The SMILES string of the molecule is CCCOC(=O)c1ccc(N2C(=O)C(=O)/C(=C(/O)c3cc(Cl)ccc3OC)C2c2cccc(C)c2)cc1. The van der Waals surface area contributed by atoms with E-state index >= 15 is 0 Å². The Balaban J connectivity index is 1.87. The number of anilines is 1. The number of esters is 1. The van der Waals surface area contributed by atoms with Crippen molar-refractivity contribution in [3.05, 3.63) is 99.6 Å². The maximum absolute atomic E-state index is 13.4. The summed E-state index contributed by atoms with van der Waals surface area (Å²) in [6.07, 6.45) is 0.697. The van der Waals surface area contributed by atoms with Gasteiger partial charge in [-0.3, -0.25) is 14.5 Å². The van der Waals surface area contributed by atoms with Crippen LogP contribution < -0.4 is 9.64 Å². The molecule has 1 aliphatic rings. The van der Waals surface area contributed by atoms with Gasteiger partial charge in [-0.2, -0.15) is 0 Å². The summed E-state index contributed by atoms with van der Waals surface area (Å²) in [7, 11) is 1.43. The Bertz CT molecular complexity index is 1400. The van der Waals surface area contributed by atoms with Gasteiger partial charge in [0.15, 0.2) is 0 Å². The molecule has 1 aliphatic heterocycles. The van der Waals surface area contributed by atoms with Gasteiger partial charge in [0.05, 0.1) is 36.5 Å². The number of nitrogens with zero attached hydrogens (tertiary/aromatic N) is 1. The lowest BCUT2D eigenvalue weighted by molar-refractivity contribution is -0.132. The highest BCUT2D eigenvalue weighted by Crippen LogP contribution is 2.43. The van der Waals surface area contributed by atoms with Crippen LogP contribution in [0.5, 0.6) is 5.75 Å². The third kappa shape index (κ3) is 5.08. The van der Waals surface area contributed by atoms with Gasteiger partial charge in [0.2, 0.25) is 0 Å². The maximum Gasteiger partial charge on any atom is 0.338 e. The second-order valence-corrected chi connectivity index (χ2v) is 9.05. The van der Waals surface area contributed by atoms with Gasteiger partial charge in [0.1, 0.15) is 11.5 Å². The van der Waals surface area contributed by atoms with Crippen LogP contribution in [0.1, 0.15) is 46.4 Å². The fraction of sp³-hybridized carbons (Fsp3) is 0.207. The molecule has 1 N–H and O–H groups in total. The van der Waals surface area contributed by atoms with Crippen LogP contribution in [0.3, 0.4) is 0 Å². The molecule has 1 atom stereocenters. The van der Waals surface area contributed by atoms with E-state index in [0.717, 1.165) is 5.56 Å². The first-order valence-corrected chi connectivity index (χ1v) is 12.1. The zero-order chi connectivity index (χ0) is 26.7. The number of hydrogen-bond donors (Lipinski definition) is 1. The first-order valence-electron chi connectivity index (χ1n) is 11.8. The van der Waals surface area contributed by atoms with Crippen LogP contribution in [0.15, 0.2) is 72.3 Å². The number of methoxy groups -OCH3 is 1. The molecule has 190 valence electrons. The average molecular weight is 520 g/mol. The molecular weight excluding hydrogens is 494 g/mol. The lowest BCUT2D eigenvalue weighted by Gasteiger charge is -2.26. The Hall–Kier alpha value is -4.10. The number of ether oxygens (including phenoxy) is 2. The molecule has 7 nitrogen and oxygen atoms in total. The minimum Gasteiger partial charge on any atom is -0.507 e. The molecule has 0 bridgehead atoms. The largest absolute Gasteiger partial charge is 0.507 e. The molecule has 4 rings (SSSR count). The number of carbonyl (C=O) groups is 3. The van der Waals surface area contributed by atoms with Crippen molar-refractivity contribution in [2.45, 2.75) is 26.3 Å². The Morgan fingerprint density at radius 1 is 1.05 bits per heavy atom. The molecule has 1 saturated heterocycles. The molecular formula is C29H26ClNO6. The van der Waals surface area contributed by atoms with Crippen LogP contribution in [0.2, 0.25) is 5.02 Å². The van der Waals surface area contributed by atoms with Gasteiger partial charge in [-0.05, 0) is 61.4 Å². The molecule has 8 heteroatoms. The summed E-state index contributed by atoms with van der Waals surface area (Å²) in [4.78, 5) is 40.3. The van der Waals surface area contributed by atoms with E-state index in [1.165, 1.54) is 18.1 Å². The van der Waals surface area contributed by atoms with Gasteiger partial charge in [-0.1, -0.05) is 48.4 Å². The highest BCUT2D eigenvalue weighted by Gasteiger charge is 2.47. The quantitative estimate of drug-likeness (QED) is 0.182. The number of Topliss-reactive ketones (excluding diaryl/α,β-unsaturated/α-hetero) is 1. The van der Waals surface area contributed by atoms with Crippen LogP contribution in [0, 0.1) is 6.92 Å². The predicted octanol–water partition coefficient (Wildman–Crippen LogP) is 5.85. The topological polar surface area (TPSA) is 93.1 Å². The third-order valence-electron chi connectivity index (χ3n) is 6.04. The van der Waals surface area contributed by atoms with Gasteiger partial charge in [-0.15, -0.1) is 0 Å². The van der Waals surface area contributed by atoms with Crippen LogP contribution in [0.4, 0.5) is 5.69 Å². The summed E-state index contributed by atoms with van der Waals surface area (Å²) < 4.78 is 10.5. The molecule has 0 spiro atoms. The fourth-order valence-electron chi connectivity index (χ4n) is 4.30. The second kappa shape index (κ2) is 10.9. The van der Waals surface area contributed by atoms with Crippen molar-refractivity contribution in [1.82, 2.24) is 0 Å². The Kier molecular flexibility index (Phi) is 7.64.